The molecule has 2 aromatic carbocycles. The Balaban J connectivity index is 2.10. The van der Waals surface area contributed by atoms with Gasteiger partial charge in [-0.2, -0.15) is 0 Å². The monoisotopic (exact) mass is 347 g/mol. The molecule has 0 saturated carbocycles. The first-order valence-electron chi connectivity index (χ1n) is 8.51. The minimum atomic E-state index is -0.918. The van der Waals surface area contributed by atoms with E-state index < -0.39 is 5.97 Å². The van der Waals surface area contributed by atoms with Gasteiger partial charge in [-0.3, -0.25) is 0 Å². The van der Waals surface area contributed by atoms with Crippen molar-refractivity contribution in [1.82, 2.24) is 0 Å². The SMILES string of the molecule is C=C(/C=C/C=C/Nc1ccccc1)C(C)(C)c1cc(C(=O)O)ccc1C. The van der Waals surface area contributed by atoms with Crippen LogP contribution in [0.25, 0.3) is 0 Å². The molecule has 3 nitrogen and oxygen atoms in total. The summed E-state index contributed by atoms with van der Waals surface area (Å²) in [6, 6.07) is 15.1. The number of carbonyl (C=O) groups is 1. The van der Waals surface area contributed by atoms with Crippen molar-refractivity contribution in [2.24, 2.45) is 0 Å². The summed E-state index contributed by atoms with van der Waals surface area (Å²) in [6.45, 7) is 10.3. The molecule has 0 unspecified atom stereocenters. The number of hydrogen-bond acceptors (Lipinski definition) is 2. The van der Waals surface area contributed by atoms with Crippen molar-refractivity contribution in [2.75, 3.05) is 5.32 Å². The van der Waals surface area contributed by atoms with Crippen LogP contribution >= 0.6 is 0 Å². The molecule has 2 aromatic rings. The molecule has 0 radical (unpaired) electrons. The number of para-hydroxylation sites is 1. The third-order valence-electron chi connectivity index (χ3n) is 4.49. The molecule has 0 heterocycles. The molecule has 3 heteroatoms. The van der Waals surface area contributed by atoms with Crippen LogP contribution in [0.4, 0.5) is 5.69 Å². The van der Waals surface area contributed by atoms with E-state index in [1.54, 1.807) is 12.1 Å². The van der Waals surface area contributed by atoms with Gasteiger partial charge in [0.15, 0.2) is 0 Å². The highest BCUT2D eigenvalue weighted by atomic mass is 16.4. The quantitative estimate of drug-likeness (QED) is 0.631. The third-order valence-corrected chi connectivity index (χ3v) is 4.49. The maximum Gasteiger partial charge on any atom is 0.335 e. The lowest BCUT2D eigenvalue weighted by atomic mass is 9.75. The molecular formula is C23H25NO2. The fraction of sp³-hybridized carbons (Fsp3) is 0.174. The van der Waals surface area contributed by atoms with Crippen LogP contribution in [0.3, 0.4) is 0 Å². The van der Waals surface area contributed by atoms with Crippen LogP contribution in [-0.4, -0.2) is 11.1 Å². The van der Waals surface area contributed by atoms with E-state index in [4.69, 9.17) is 0 Å². The average molecular weight is 347 g/mol. The van der Waals surface area contributed by atoms with E-state index in [0.717, 1.165) is 22.4 Å². The lowest BCUT2D eigenvalue weighted by molar-refractivity contribution is 0.0696. The zero-order chi connectivity index (χ0) is 19.2. The number of aromatic carboxylic acids is 1. The van der Waals surface area contributed by atoms with Crippen LogP contribution < -0.4 is 5.32 Å². The normalized spacial score (nSPS) is 11.8. The Hall–Kier alpha value is -3.07. The molecule has 134 valence electrons. The van der Waals surface area contributed by atoms with Crippen molar-refractivity contribution in [3.8, 4) is 0 Å². The van der Waals surface area contributed by atoms with Gasteiger partial charge in [0.1, 0.15) is 0 Å². The van der Waals surface area contributed by atoms with Crippen molar-refractivity contribution < 1.29 is 9.90 Å². The summed E-state index contributed by atoms with van der Waals surface area (Å²) in [5, 5.41) is 12.4. The van der Waals surface area contributed by atoms with Gasteiger partial charge in [-0.25, -0.2) is 4.79 Å². The van der Waals surface area contributed by atoms with E-state index in [9.17, 15) is 9.90 Å². The van der Waals surface area contributed by atoms with E-state index in [2.05, 4.69) is 25.7 Å². The smallest absolute Gasteiger partial charge is 0.335 e. The largest absolute Gasteiger partial charge is 0.478 e. The second-order valence-electron chi connectivity index (χ2n) is 6.71. The molecule has 0 spiro atoms. The van der Waals surface area contributed by atoms with Crippen LogP contribution in [0.15, 0.2) is 85.1 Å². The molecule has 0 bridgehead atoms. The Kier molecular flexibility index (Phi) is 6.18. The number of rotatable bonds is 7. The van der Waals surface area contributed by atoms with Crippen molar-refractivity contribution in [3.05, 3.63) is 102 Å². The van der Waals surface area contributed by atoms with E-state index in [1.807, 2.05) is 67.7 Å². The van der Waals surface area contributed by atoms with Crippen LogP contribution in [0.2, 0.25) is 0 Å². The van der Waals surface area contributed by atoms with Crippen molar-refractivity contribution in [1.29, 1.82) is 0 Å². The molecule has 2 rings (SSSR count). The number of benzene rings is 2. The molecule has 0 atom stereocenters. The van der Waals surface area contributed by atoms with Gasteiger partial charge < -0.3 is 10.4 Å². The van der Waals surface area contributed by atoms with Gasteiger partial charge in [0.25, 0.3) is 0 Å². The first kappa shape index (κ1) is 19.3. The fourth-order valence-corrected chi connectivity index (χ4v) is 2.72. The Morgan fingerprint density at radius 1 is 1.12 bits per heavy atom. The van der Waals surface area contributed by atoms with Crippen molar-refractivity contribution >= 4 is 11.7 Å². The predicted octanol–water partition coefficient (Wildman–Crippen LogP) is 5.71. The highest BCUT2D eigenvalue weighted by Gasteiger charge is 2.25. The minimum absolute atomic E-state index is 0.294. The van der Waals surface area contributed by atoms with E-state index >= 15 is 0 Å². The average Bonchev–Trinajstić information content (AvgIpc) is 2.62. The Morgan fingerprint density at radius 3 is 2.46 bits per heavy atom. The topological polar surface area (TPSA) is 49.3 Å². The molecule has 0 aromatic heterocycles. The highest BCUT2D eigenvalue weighted by molar-refractivity contribution is 5.88. The first-order chi connectivity index (χ1) is 12.3. The lowest BCUT2D eigenvalue weighted by Gasteiger charge is -2.28. The predicted molar refractivity (Wildman–Crippen MR) is 109 cm³/mol. The van der Waals surface area contributed by atoms with Gasteiger partial charge in [0.05, 0.1) is 5.56 Å². The van der Waals surface area contributed by atoms with E-state index in [1.165, 1.54) is 0 Å². The summed E-state index contributed by atoms with van der Waals surface area (Å²) in [4.78, 5) is 11.3. The minimum Gasteiger partial charge on any atom is -0.478 e. The number of aryl methyl sites for hydroxylation is 1. The Morgan fingerprint density at radius 2 is 1.81 bits per heavy atom. The number of anilines is 1. The summed E-state index contributed by atoms with van der Waals surface area (Å²) in [6.07, 6.45) is 7.66. The molecule has 0 fully saturated rings. The number of carboxylic acids is 1. The molecule has 26 heavy (non-hydrogen) atoms. The second-order valence-corrected chi connectivity index (χ2v) is 6.71. The van der Waals surface area contributed by atoms with E-state index in [-0.39, 0.29) is 5.41 Å². The molecule has 0 saturated heterocycles. The number of nitrogens with one attached hydrogen (secondary N) is 1. The van der Waals surface area contributed by atoms with Crippen LogP contribution in [-0.2, 0) is 5.41 Å². The maximum atomic E-state index is 11.3. The zero-order valence-corrected chi connectivity index (χ0v) is 15.5. The van der Waals surface area contributed by atoms with Crippen LogP contribution in [0.5, 0.6) is 0 Å². The molecular weight excluding hydrogens is 322 g/mol. The molecule has 0 aliphatic heterocycles. The second kappa shape index (κ2) is 8.34. The van der Waals surface area contributed by atoms with Gasteiger partial charge >= 0.3 is 5.97 Å². The van der Waals surface area contributed by atoms with Crippen LogP contribution in [0, 0.1) is 6.92 Å². The Labute approximate surface area is 155 Å². The van der Waals surface area contributed by atoms with Crippen molar-refractivity contribution in [2.45, 2.75) is 26.2 Å². The molecule has 2 N–H and O–H groups in total. The summed E-state index contributed by atoms with van der Waals surface area (Å²) >= 11 is 0. The van der Waals surface area contributed by atoms with Crippen LogP contribution in [0.1, 0.15) is 35.3 Å². The number of hydrogen-bond donors (Lipinski definition) is 2. The maximum absolute atomic E-state index is 11.3. The van der Waals surface area contributed by atoms with E-state index in [0.29, 0.717) is 5.56 Å². The summed E-state index contributed by atoms with van der Waals surface area (Å²) in [5.74, 6) is -0.918. The van der Waals surface area contributed by atoms with Crippen molar-refractivity contribution in [3.63, 3.8) is 0 Å². The standard InChI is InChI=1S/C23H25NO2/c1-17-13-14-19(22(25)26)16-21(17)23(3,4)18(2)10-8-9-15-24-20-11-6-5-7-12-20/h5-16,24H,2H2,1,3-4H3,(H,25,26)/b10-8+,15-9+. The van der Waals surface area contributed by atoms with Gasteiger partial charge in [0, 0.05) is 17.3 Å². The summed E-state index contributed by atoms with van der Waals surface area (Å²) in [5.41, 5.74) is 3.88. The van der Waals surface area contributed by atoms with Gasteiger partial charge in [0.2, 0.25) is 0 Å². The van der Waals surface area contributed by atoms with Gasteiger partial charge in [-0.15, -0.1) is 0 Å². The lowest BCUT2D eigenvalue weighted by Crippen LogP contribution is -2.21. The zero-order valence-electron chi connectivity index (χ0n) is 15.5. The van der Waals surface area contributed by atoms with Gasteiger partial charge in [-0.1, -0.05) is 56.8 Å². The molecule has 0 aliphatic carbocycles. The summed E-state index contributed by atoms with van der Waals surface area (Å²) in [7, 11) is 0. The highest BCUT2D eigenvalue weighted by Crippen LogP contribution is 2.34. The molecule has 0 aliphatic rings. The number of allylic oxidation sites excluding steroid dienone is 4. The summed E-state index contributed by atoms with van der Waals surface area (Å²) < 4.78 is 0. The fourth-order valence-electron chi connectivity index (χ4n) is 2.72. The first-order valence-corrected chi connectivity index (χ1v) is 8.51. The number of carboxylic acid groups (broad SMARTS) is 1. The third kappa shape index (κ3) is 4.73. The van der Waals surface area contributed by atoms with Gasteiger partial charge in [-0.05, 0) is 54.0 Å². The Bertz CT molecular complexity index is 846. The molecule has 0 amide bonds.